The van der Waals surface area contributed by atoms with Gasteiger partial charge in [0.2, 0.25) is 15.9 Å². The van der Waals surface area contributed by atoms with Gasteiger partial charge in [0, 0.05) is 0 Å². The first-order chi connectivity index (χ1) is 13.1. The second-order valence-electron chi connectivity index (χ2n) is 7.06. The summed E-state index contributed by atoms with van der Waals surface area (Å²) in [6, 6.07) is 13.5. The van der Waals surface area contributed by atoms with Gasteiger partial charge in [0.05, 0.1) is 18.0 Å². The number of rotatable bonds is 8. The molecule has 0 unspecified atom stereocenters. The number of aryl methyl sites for hydroxylation is 2. The van der Waals surface area contributed by atoms with Crippen LogP contribution in [0.15, 0.2) is 48.5 Å². The van der Waals surface area contributed by atoms with Crippen LogP contribution in [0.1, 0.15) is 25.0 Å². The van der Waals surface area contributed by atoms with E-state index in [9.17, 15) is 13.2 Å². The van der Waals surface area contributed by atoms with Gasteiger partial charge in [-0.3, -0.25) is 9.10 Å². The molecule has 152 valence electrons. The zero-order valence-electron chi connectivity index (χ0n) is 17.0. The first-order valence-corrected chi connectivity index (χ1v) is 11.0. The SMILES string of the molecule is Cc1ccc(N([C@@H](C)C(=O)N[C@H](C)COc2ccccc2C)S(C)(=O)=O)cc1. The van der Waals surface area contributed by atoms with Gasteiger partial charge in [-0.1, -0.05) is 35.9 Å². The van der Waals surface area contributed by atoms with Crippen molar-refractivity contribution < 1.29 is 17.9 Å². The predicted molar refractivity (Wildman–Crippen MR) is 112 cm³/mol. The Morgan fingerprint density at radius 1 is 1.07 bits per heavy atom. The van der Waals surface area contributed by atoms with Gasteiger partial charge in [-0.05, 0) is 51.5 Å². The number of nitrogens with zero attached hydrogens (tertiary/aromatic N) is 1. The van der Waals surface area contributed by atoms with E-state index >= 15 is 0 Å². The van der Waals surface area contributed by atoms with Crippen molar-refractivity contribution in [3.8, 4) is 5.75 Å². The van der Waals surface area contributed by atoms with Crippen LogP contribution in [0.3, 0.4) is 0 Å². The number of carbonyl (C=O) groups is 1. The fourth-order valence-electron chi connectivity index (χ4n) is 2.84. The molecule has 0 saturated heterocycles. The van der Waals surface area contributed by atoms with Crippen molar-refractivity contribution in [3.63, 3.8) is 0 Å². The Labute approximate surface area is 167 Å². The molecule has 0 bridgehead atoms. The Bertz CT molecular complexity index is 910. The molecular weight excluding hydrogens is 376 g/mol. The maximum atomic E-state index is 12.7. The monoisotopic (exact) mass is 404 g/mol. The minimum atomic E-state index is -3.63. The normalized spacial score (nSPS) is 13.5. The number of hydrogen-bond acceptors (Lipinski definition) is 4. The van der Waals surface area contributed by atoms with Crippen LogP contribution in [0, 0.1) is 13.8 Å². The van der Waals surface area contributed by atoms with Crippen LogP contribution in [-0.4, -0.2) is 39.3 Å². The maximum absolute atomic E-state index is 12.7. The number of nitrogens with one attached hydrogen (secondary N) is 1. The Hall–Kier alpha value is -2.54. The molecule has 1 N–H and O–H groups in total. The van der Waals surface area contributed by atoms with Gasteiger partial charge < -0.3 is 10.1 Å². The number of ether oxygens (including phenoxy) is 1. The van der Waals surface area contributed by atoms with E-state index in [1.54, 1.807) is 19.1 Å². The van der Waals surface area contributed by atoms with E-state index in [2.05, 4.69) is 5.32 Å². The van der Waals surface area contributed by atoms with Crippen molar-refractivity contribution in [1.82, 2.24) is 5.32 Å². The highest BCUT2D eigenvalue weighted by Crippen LogP contribution is 2.21. The maximum Gasteiger partial charge on any atom is 0.243 e. The largest absolute Gasteiger partial charge is 0.491 e. The van der Waals surface area contributed by atoms with E-state index in [0.717, 1.165) is 27.4 Å². The van der Waals surface area contributed by atoms with E-state index in [0.29, 0.717) is 5.69 Å². The summed E-state index contributed by atoms with van der Waals surface area (Å²) >= 11 is 0. The number of sulfonamides is 1. The molecule has 2 rings (SSSR count). The van der Waals surface area contributed by atoms with Crippen LogP contribution in [0.2, 0.25) is 0 Å². The Morgan fingerprint density at radius 3 is 2.25 bits per heavy atom. The molecule has 1 amide bonds. The van der Waals surface area contributed by atoms with E-state index in [4.69, 9.17) is 4.74 Å². The van der Waals surface area contributed by atoms with Crippen LogP contribution in [0.25, 0.3) is 0 Å². The highest BCUT2D eigenvalue weighted by molar-refractivity contribution is 7.92. The molecule has 0 aliphatic rings. The standard InChI is InChI=1S/C21H28N2O4S/c1-15-10-12-19(13-11-15)23(28(5,25)26)18(4)21(24)22-17(3)14-27-20-9-7-6-8-16(20)2/h6-13,17-18H,14H2,1-5H3,(H,22,24)/t17-,18+/m1/s1. The average Bonchev–Trinajstić information content (AvgIpc) is 2.61. The Balaban J connectivity index is 2.06. The van der Waals surface area contributed by atoms with Crippen molar-refractivity contribution in [1.29, 1.82) is 0 Å². The topological polar surface area (TPSA) is 75.7 Å². The van der Waals surface area contributed by atoms with Crippen molar-refractivity contribution in [3.05, 3.63) is 59.7 Å². The molecule has 0 saturated carbocycles. The minimum absolute atomic E-state index is 0.283. The highest BCUT2D eigenvalue weighted by Gasteiger charge is 2.29. The summed E-state index contributed by atoms with van der Waals surface area (Å²) in [5, 5.41) is 2.83. The van der Waals surface area contributed by atoms with Crippen LogP contribution in [0.4, 0.5) is 5.69 Å². The summed E-state index contributed by atoms with van der Waals surface area (Å²) < 4.78 is 31.5. The van der Waals surface area contributed by atoms with Gasteiger partial charge in [-0.2, -0.15) is 0 Å². The number of hydrogen-bond donors (Lipinski definition) is 1. The lowest BCUT2D eigenvalue weighted by molar-refractivity contribution is -0.122. The summed E-state index contributed by atoms with van der Waals surface area (Å²) in [5.41, 5.74) is 2.48. The zero-order valence-corrected chi connectivity index (χ0v) is 17.8. The summed E-state index contributed by atoms with van der Waals surface area (Å²) in [4.78, 5) is 12.7. The molecule has 0 fully saturated rings. The Morgan fingerprint density at radius 2 is 1.68 bits per heavy atom. The van der Waals surface area contributed by atoms with Crippen LogP contribution in [-0.2, 0) is 14.8 Å². The molecule has 7 heteroatoms. The molecule has 6 nitrogen and oxygen atoms in total. The lowest BCUT2D eigenvalue weighted by Gasteiger charge is -2.29. The van der Waals surface area contributed by atoms with Gasteiger partial charge >= 0.3 is 0 Å². The van der Waals surface area contributed by atoms with Gasteiger partial charge in [0.1, 0.15) is 18.4 Å². The third-order valence-corrected chi connectivity index (χ3v) is 5.59. The van der Waals surface area contributed by atoms with Crippen LogP contribution in [0.5, 0.6) is 5.75 Å². The minimum Gasteiger partial charge on any atom is -0.491 e. The molecular formula is C21H28N2O4S. The van der Waals surface area contributed by atoms with Crippen LogP contribution < -0.4 is 14.4 Å². The van der Waals surface area contributed by atoms with Gasteiger partial charge in [0.25, 0.3) is 0 Å². The van der Waals surface area contributed by atoms with Crippen molar-refractivity contribution >= 4 is 21.6 Å². The molecule has 2 aromatic carbocycles. The lowest BCUT2D eigenvalue weighted by Crippen LogP contribution is -2.50. The second-order valence-corrected chi connectivity index (χ2v) is 8.92. The summed E-state index contributed by atoms with van der Waals surface area (Å²) in [6.45, 7) is 7.55. The summed E-state index contributed by atoms with van der Waals surface area (Å²) in [7, 11) is -3.63. The van der Waals surface area contributed by atoms with E-state index in [1.807, 2.05) is 57.2 Å². The third-order valence-electron chi connectivity index (χ3n) is 4.35. The Kier molecular flexibility index (Phi) is 7.07. The molecule has 0 heterocycles. The number of anilines is 1. The molecule has 2 aromatic rings. The highest BCUT2D eigenvalue weighted by atomic mass is 32.2. The van der Waals surface area contributed by atoms with E-state index in [-0.39, 0.29) is 18.6 Å². The van der Waals surface area contributed by atoms with Crippen LogP contribution >= 0.6 is 0 Å². The zero-order chi connectivity index (χ0) is 20.9. The van der Waals surface area contributed by atoms with E-state index in [1.165, 1.54) is 0 Å². The first-order valence-electron chi connectivity index (χ1n) is 9.14. The summed E-state index contributed by atoms with van der Waals surface area (Å²) in [5.74, 6) is 0.376. The lowest BCUT2D eigenvalue weighted by atomic mass is 10.2. The average molecular weight is 405 g/mol. The summed E-state index contributed by atoms with van der Waals surface area (Å²) in [6.07, 6.45) is 1.10. The number of amides is 1. The number of benzene rings is 2. The van der Waals surface area contributed by atoms with Gasteiger partial charge in [0.15, 0.2) is 0 Å². The third kappa shape index (κ3) is 5.73. The molecule has 0 aromatic heterocycles. The predicted octanol–water partition coefficient (Wildman–Crippen LogP) is 3.04. The number of carbonyl (C=O) groups excluding carboxylic acids is 1. The molecule has 0 radical (unpaired) electrons. The van der Waals surface area contributed by atoms with Crippen molar-refractivity contribution in [2.24, 2.45) is 0 Å². The number of para-hydroxylation sites is 1. The quantitative estimate of drug-likeness (QED) is 0.734. The van der Waals surface area contributed by atoms with Crippen molar-refractivity contribution in [2.45, 2.75) is 39.8 Å². The molecule has 28 heavy (non-hydrogen) atoms. The van der Waals surface area contributed by atoms with E-state index < -0.39 is 16.1 Å². The van der Waals surface area contributed by atoms with Gasteiger partial charge in [-0.15, -0.1) is 0 Å². The van der Waals surface area contributed by atoms with Gasteiger partial charge in [-0.25, -0.2) is 8.42 Å². The fourth-order valence-corrected chi connectivity index (χ4v) is 4.01. The molecule has 0 spiro atoms. The molecule has 2 atom stereocenters. The fraction of sp³-hybridized carbons (Fsp3) is 0.381. The first kappa shape index (κ1) is 21.8. The second kappa shape index (κ2) is 9.10. The molecule has 0 aliphatic heterocycles. The molecule has 0 aliphatic carbocycles. The smallest absolute Gasteiger partial charge is 0.243 e. The van der Waals surface area contributed by atoms with Crippen molar-refractivity contribution in [2.75, 3.05) is 17.2 Å².